The van der Waals surface area contributed by atoms with Crippen molar-refractivity contribution in [1.29, 1.82) is 0 Å². The molecular formula is C18H17IN4O4. The molecule has 3 aromatic rings. The van der Waals surface area contributed by atoms with Gasteiger partial charge in [0.15, 0.2) is 0 Å². The number of carbonyl (C=O) groups excluding carboxylic acids is 1. The highest BCUT2D eigenvalue weighted by molar-refractivity contribution is 14.1. The lowest BCUT2D eigenvalue weighted by Crippen LogP contribution is -2.24. The van der Waals surface area contributed by atoms with Gasteiger partial charge in [-0.25, -0.2) is 9.97 Å². The third kappa shape index (κ3) is 3.43. The summed E-state index contributed by atoms with van der Waals surface area (Å²) in [5.41, 5.74) is 1.13. The molecule has 1 aromatic carbocycles. The van der Waals surface area contributed by atoms with Crippen LogP contribution in [0.15, 0.2) is 42.9 Å². The Morgan fingerprint density at radius 1 is 1.33 bits per heavy atom. The Bertz CT molecular complexity index is 978. The number of rotatable bonds is 4. The topological polar surface area (TPSA) is 110 Å². The number of aliphatic hydroxyl groups is 2. The van der Waals surface area contributed by atoms with Crippen molar-refractivity contribution in [2.24, 2.45) is 0 Å². The van der Waals surface area contributed by atoms with Gasteiger partial charge in [-0.3, -0.25) is 4.79 Å². The number of anilines is 1. The van der Waals surface area contributed by atoms with Crippen LogP contribution in [-0.2, 0) is 4.74 Å². The second kappa shape index (κ2) is 7.50. The van der Waals surface area contributed by atoms with Crippen molar-refractivity contribution in [3.8, 4) is 0 Å². The lowest BCUT2D eigenvalue weighted by molar-refractivity contribution is -0.0430. The van der Waals surface area contributed by atoms with Crippen molar-refractivity contribution < 1.29 is 19.7 Å². The number of amides is 1. The first-order chi connectivity index (χ1) is 13.1. The highest BCUT2D eigenvalue weighted by Crippen LogP contribution is 2.35. The van der Waals surface area contributed by atoms with Gasteiger partial charge in [-0.1, -0.05) is 18.2 Å². The minimum atomic E-state index is -0.741. The van der Waals surface area contributed by atoms with Crippen LogP contribution in [0.5, 0.6) is 0 Å². The fourth-order valence-electron chi connectivity index (χ4n) is 3.17. The largest absolute Gasteiger partial charge is 0.394 e. The fourth-order valence-corrected chi connectivity index (χ4v) is 3.97. The van der Waals surface area contributed by atoms with E-state index in [1.54, 1.807) is 28.8 Å². The first-order valence-corrected chi connectivity index (χ1v) is 9.48. The van der Waals surface area contributed by atoms with Crippen molar-refractivity contribution in [1.82, 2.24) is 14.5 Å². The maximum atomic E-state index is 12.5. The van der Waals surface area contributed by atoms with E-state index in [0.29, 0.717) is 28.8 Å². The molecule has 2 aromatic heterocycles. The number of benzene rings is 1. The van der Waals surface area contributed by atoms with Gasteiger partial charge in [-0.2, -0.15) is 0 Å². The third-order valence-electron chi connectivity index (χ3n) is 4.53. The molecule has 3 N–H and O–H groups in total. The van der Waals surface area contributed by atoms with Gasteiger partial charge in [0, 0.05) is 21.8 Å². The molecule has 27 heavy (non-hydrogen) atoms. The summed E-state index contributed by atoms with van der Waals surface area (Å²) >= 11 is 2.15. The van der Waals surface area contributed by atoms with Crippen LogP contribution in [0.2, 0.25) is 0 Å². The van der Waals surface area contributed by atoms with Gasteiger partial charge < -0.3 is 24.8 Å². The molecule has 3 atom stereocenters. The Morgan fingerprint density at radius 3 is 2.81 bits per heavy atom. The Kier molecular flexibility index (Phi) is 5.08. The molecule has 0 bridgehead atoms. The van der Waals surface area contributed by atoms with Gasteiger partial charge in [0.05, 0.1) is 18.1 Å². The molecule has 140 valence electrons. The molecule has 1 aliphatic heterocycles. The zero-order chi connectivity index (χ0) is 19.0. The molecule has 1 amide bonds. The molecule has 1 aliphatic rings. The summed E-state index contributed by atoms with van der Waals surface area (Å²) in [6.45, 7) is -0.249. The van der Waals surface area contributed by atoms with Crippen molar-refractivity contribution in [2.75, 3.05) is 11.9 Å². The highest BCUT2D eigenvalue weighted by Gasteiger charge is 2.35. The molecule has 9 heteroatoms. The number of hydrogen-bond acceptors (Lipinski definition) is 6. The van der Waals surface area contributed by atoms with Crippen molar-refractivity contribution in [2.45, 2.75) is 24.9 Å². The van der Waals surface area contributed by atoms with Gasteiger partial charge in [-0.15, -0.1) is 0 Å². The van der Waals surface area contributed by atoms with Crippen LogP contribution >= 0.6 is 22.6 Å². The Hall–Kier alpha value is -2.08. The molecular weight excluding hydrogens is 463 g/mol. The minimum Gasteiger partial charge on any atom is -0.394 e. The normalized spacial score (nSPS) is 22.3. The van der Waals surface area contributed by atoms with E-state index < -0.39 is 18.4 Å². The van der Waals surface area contributed by atoms with Crippen molar-refractivity contribution in [3.63, 3.8) is 0 Å². The van der Waals surface area contributed by atoms with E-state index in [4.69, 9.17) is 4.74 Å². The van der Waals surface area contributed by atoms with Crippen LogP contribution in [-0.4, -0.2) is 49.5 Å². The number of carbonyl (C=O) groups is 1. The molecule has 4 rings (SSSR count). The van der Waals surface area contributed by atoms with E-state index in [1.165, 1.54) is 6.33 Å². The second-order valence-electron chi connectivity index (χ2n) is 6.24. The van der Waals surface area contributed by atoms with Crippen LogP contribution in [0, 0.1) is 3.57 Å². The number of aliphatic hydroxyl groups excluding tert-OH is 2. The van der Waals surface area contributed by atoms with Crippen molar-refractivity contribution >= 4 is 45.3 Å². The smallest absolute Gasteiger partial charge is 0.256 e. The first-order valence-electron chi connectivity index (χ1n) is 8.40. The second-order valence-corrected chi connectivity index (χ2v) is 7.40. The molecule has 0 radical (unpaired) electrons. The molecule has 0 saturated carbocycles. The van der Waals surface area contributed by atoms with Gasteiger partial charge >= 0.3 is 0 Å². The fraction of sp³-hybridized carbons (Fsp3) is 0.278. The highest BCUT2D eigenvalue weighted by atomic mass is 127. The molecule has 1 fully saturated rings. The number of halogens is 1. The number of aromatic nitrogens is 3. The van der Waals surface area contributed by atoms with E-state index in [-0.39, 0.29) is 12.5 Å². The Morgan fingerprint density at radius 2 is 2.11 bits per heavy atom. The van der Waals surface area contributed by atoms with E-state index in [9.17, 15) is 15.0 Å². The quantitative estimate of drug-likeness (QED) is 0.493. The molecule has 8 nitrogen and oxygen atoms in total. The predicted molar refractivity (Wildman–Crippen MR) is 106 cm³/mol. The standard InChI is InChI=1S/C18H17IN4O4/c19-11-7-23(14-6-12(25)13(8-24)27-14)17-15(11)16(20-9-21-17)22-18(26)10-4-2-1-3-5-10/h1-5,7,9,12-14,24-25H,6,8H2,(H,20,21,22,26)/t12-,13+,14+/m0/s1. The summed E-state index contributed by atoms with van der Waals surface area (Å²) in [6.07, 6.45) is 1.76. The number of hydrogen-bond donors (Lipinski definition) is 3. The summed E-state index contributed by atoms with van der Waals surface area (Å²) in [5, 5.41) is 22.8. The van der Waals surface area contributed by atoms with E-state index in [2.05, 4.69) is 37.9 Å². The Balaban J connectivity index is 1.68. The number of nitrogens with zero attached hydrogens (tertiary/aromatic N) is 3. The van der Waals surface area contributed by atoms with Gasteiger partial charge in [0.1, 0.15) is 30.1 Å². The maximum Gasteiger partial charge on any atom is 0.256 e. The lowest BCUT2D eigenvalue weighted by Gasteiger charge is -2.14. The number of nitrogens with one attached hydrogen (secondary N) is 1. The molecule has 0 aliphatic carbocycles. The monoisotopic (exact) mass is 480 g/mol. The van der Waals surface area contributed by atoms with Crippen LogP contribution in [0.1, 0.15) is 23.0 Å². The molecule has 0 spiro atoms. The molecule has 3 heterocycles. The zero-order valence-electron chi connectivity index (χ0n) is 14.1. The Labute approximate surface area is 168 Å². The zero-order valence-corrected chi connectivity index (χ0v) is 16.3. The summed E-state index contributed by atoms with van der Waals surface area (Å²) in [7, 11) is 0. The summed E-state index contributed by atoms with van der Waals surface area (Å²) in [5.74, 6) is 0.154. The van der Waals surface area contributed by atoms with Gasteiger partial charge in [-0.05, 0) is 34.7 Å². The third-order valence-corrected chi connectivity index (χ3v) is 5.34. The summed E-state index contributed by atoms with van der Waals surface area (Å²) in [4.78, 5) is 21.1. The van der Waals surface area contributed by atoms with Gasteiger partial charge in [0.2, 0.25) is 0 Å². The summed E-state index contributed by atoms with van der Waals surface area (Å²) < 4.78 is 8.38. The molecule has 0 unspecified atom stereocenters. The number of fused-ring (bicyclic) bond motifs is 1. The van der Waals surface area contributed by atoms with Crippen LogP contribution in [0.3, 0.4) is 0 Å². The van der Waals surface area contributed by atoms with E-state index in [0.717, 1.165) is 3.57 Å². The first kappa shape index (κ1) is 18.3. The minimum absolute atomic E-state index is 0.249. The predicted octanol–water partition coefficient (Wildman–Crippen LogP) is 1.93. The molecule has 1 saturated heterocycles. The average Bonchev–Trinajstić information content (AvgIpc) is 3.23. The van der Waals surface area contributed by atoms with Crippen LogP contribution < -0.4 is 5.32 Å². The lowest BCUT2D eigenvalue weighted by atomic mass is 10.2. The van der Waals surface area contributed by atoms with Crippen LogP contribution in [0.4, 0.5) is 5.82 Å². The van der Waals surface area contributed by atoms with Crippen molar-refractivity contribution in [3.05, 3.63) is 52.0 Å². The van der Waals surface area contributed by atoms with E-state index >= 15 is 0 Å². The number of ether oxygens (including phenoxy) is 1. The average molecular weight is 480 g/mol. The SMILES string of the molecule is O=C(Nc1ncnc2c1c(I)cn2[C@H]1C[C@H](O)[C@@H](CO)O1)c1ccccc1. The van der Waals surface area contributed by atoms with Gasteiger partial charge in [0.25, 0.3) is 5.91 Å². The van der Waals surface area contributed by atoms with E-state index in [1.807, 2.05) is 12.3 Å². The maximum absolute atomic E-state index is 12.5. The summed E-state index contributed by atoms with van der Waals surface area (Å²) in [6, 6.07) is 8.90. The van der Waals surface area contributed by atoms with Crippen LogP contribution in [0.25, 0.3) is 11.0 Å².